The van der Waals surface area contributed by atoms with Crippen molar-refractivity contribution >= 4 is 37.8 Å². The number of fused-ring (bicyclic) bond motifs is 2. The highest BCUT2D eigenvalue weighted by Gasteiger charge is 2.44. The molecule has 60 heavy (non-hydrogen) atoms. The van der Waals surface area contributed by atoms with E-state index >= 15 is 0 Å². The standard InChI is InChI=1S/C40H40F3N5O10S2/c41-40(42,43)39(54)46-18-16-45(17-19-46)38(53)32(20-25-6-2-1-3-7-25)44-59(55,56)30-11-10-27-12-14-47(23-29(27)21-30)37(52)31-22-33(35(50)36(51)34(31)49)60(57,58)48-15-13-26-8-4-5-9-28(26)24-48/h1-11,21-22,32,44,49-51H,12-20,23-24H2/t32-/m0/s1. The number of benzene rings is 4. The number of amides is 3. The average Bonchev–Trinajstić information content (AvgIpc) is 3.24. The molecule has 0 bridgehead atoms. The van der Waals surface area contributed by atoms with E-state index in [1.54, 1.807) is 48.5 Å². The van der Waals surface area contributed by atoms with E-state index in [0.717, 1.165) is 21.5 Å². The van der Waals surface area contributed by atoms with Gasteiger partial charge in [0, 0.05) is 52.4 Å². The molecule has 318 valence electrons. The predicted molar refractivity (Wildman–Crippen MR) is 208 cm³/mol. The largest absolute Gasteiger partial charge is 0.504 e. The van der Waals surface area contributed by atoms with Gasteiger partial charge in [0.25, 0.3) is 5.91 Å². The summed E-state index contributed by atoms with van der Waals surface area (Å²) in [6.45, 7) is -1.46. The van der Waals surface area contributed by atoms with Gasteiger partial charge in [0.1, 0.15) is 10.9 Å². The summed E-state index contributed by atoms with van der Waals surface area (Å²) in [6.07, 6.45) is -4.60. The van der Waals surface area contributed by atoms with Crippen LogP contribution < -0.4 is 4.72 Å². The first-order valence-electron chi connectivity index (χ1n) is 18.8. The molecule has 3 amide bonds. The third-order valence-corrected chi connectivity index (χ3v) is 14.3. The molecule has 15 nitrogen and oxygen atoms in total. The van der Waals surface area contributed by atoms with Crippen LogP contribution in [-0.4, -0.2) is 120 Å². The van der Waals surface area contributed by atoms with E-state index in [9.17, 15) is 59.7 Å². The van der Waals surface area contributed by atoms with Gasteiger partial charge >= 0.3 is 12.1 Å². The molecule has 3 heterocycles. The summed E-state index contributed by atoms with van der Waals surface area (Å²) in [4.78, 5) is 41.5. The second kappa shape index (κ2) is 16.4. The fraction of sp³-hybridized carbons (Fsp3) is 0.325. The SMILES string of the molecule is O=C(c1cc(S(=O)(=O)N2CCc3ccccc3C2)c(O)c(O)c1O)N1CCc2ccc(S(=O)(=O)N[C@@H](Cc3ccccc3)C(=O)N3CCN(C(=O)C(F)(F)F)CC3)cc2C1. The number of hydrogen-bond acceptors (Lipinski definition) is 10. The summed E-state index contributed by atoms with van der Waals surface area (Å²) in [5.41, 5.74) is 2.72. The first-order valence-corrected chi connectivity index (χ1v) is 21.7. The van der Waals surface area contributed by atoms with Crippen molar-refractivity contribution < 1.29 is 59.7 Å². The van der Waals surface area contributed by atoms with Gasteiger partial charge in [-0.1, -0.05) is 60.7 Å². The van der Waals surface area contributed by atoms with E-state index in [-0.39, 0.29) is 57.0 Å². The van der Waals surface area contributed by atoms with Crippen molar-refractivity contribution in [2.75, 3.05) is 39.3 Å². The Labute approximate surface area is 343 Å². The van der Waals surface area contributed by atoms with Crippen LogP contribution in [-0.2, 0) is 62.0 Å². The third kappa shape index (κ3) is 8.49. The van der Waals surface area contributed by atoms with Gasteiger partial charge in [-0.05, 0) is 65.3 Å². The van der Waals surface area contributed by atoms with Crippen molar-refractivity contribution in [1.29, 1.82) is 0 Å². The summed E-state index contributed by atoms with van der Waals surface area (Å²) in [5, 5.41) is 32.2. The van der Waals surface area contributed by atoms with Crippen molar-refractivity contribution in [1.82, 2.24) is 23.7 Å². The summed E-state index contributed by atoms with van der Waals surface area (Å²) < 4.78 is 98.2. The number of carbonyl (C=O) groups is 3. The molecule has 1 fully saturated rings. The highest BCUT2D eigenvalue weighted by atomic mass is 32.2. The molecular formula is C40H40F3N5O10S2. The van der Waals surface area contributed by atoms with Crippen molar-refractivity contribution in [2.45, 2.75) is 54.4 Å². The van der Waals surface area contributed by atoms with Gasteiger partial charge in [-0.25, -0.2) is 16.8 Å². The molecule has 4 aromatic rings. The average molecular weight is 872 g/mol. The minimum Gasteiger partial charge on any atom is -0.504 e. The van der Waals surface area contributed by atoms with E-state index in [1.165, 1.54) is 21.9 Å². The van der Waals surface area contributed by atoms with Crippen LogP contribution in [0.4, 0.5) is 13.2 Å². The van der Waals surface area contributed by atoms with Gasteiger partial charge in [-0.3, -0.25) is 14.4 Å². The first-order chi connectivity index (χ1) is 28.3. The highest BCUT2D eigenvalue weighted by Crippen LogP contribution is 2.44. The van der Waals surface area contributed by atoms with E-state index < -0.39 is 90.8 Å². The lowest BCUT2D eigenvalue weighted by molar-refractivity contribution is -0.187. The van der Waals surface area contributed by atoms with Crippen LogP contribution >= 0.6 is 0 Å². The lowest BCUT2D eigenvalue weighted by atomic mass is 9.99. The van der Waals surface area contributed by atoms with Crippen LogP contribution in [0.15, 0.2) is 88.7 Å². The number of halogens is 3. The molecule has 0 saturated carbocycles. The number of nitrogens with one attached hydrogen (secondary N) is 1. The molecule has 20 heteroatoms. The topological polar surface area (TPSA) is 205 Å². The molecule has 1 atom stereocenters. The van der Waals surface area contributed by atoms with E-state index in [4.69, 9.17) is 0 Å². The number of nitrogens with zero attached hydrogens (tertiary/aromatic N) is 4. The van der Waals surface area contributed by atoms with Gasteiger partial charge in [0.15, 0.2) is 11.5 Å². The number of sulfonamides is 2. The number of phenolic OH excluding ortho intramolecular Hbond substituents is 3. The molecule has 4 N–H and O–H groups in total. The number of hydrogen-bond donors (Lipinski definition) is 4. The van der Waals surface area contributed by atoms with Gasteiger partial charge in [-0.15, -0.1) is 0 Å². The smallest absolute Gasteiger partial charge is 0.471 e. The molecule has 0 aromatic heterocycles. The Balaban J connectivity index is 1.10. The Morgan fingerprint density at radius 1 is 0.667 bits per heavy atom. The molecule has 0 spiro atoms. The Bertz CT molecular complexity index is 2570. The molecule has 0 aliphatic carbocycles. The van der Waals surface area contributed by atoms with Crippen LogP contribution in [0.3, 0.4) is 0 Å². The third-order valence-electron chi connectivity index (χ3n) is 10.9. The molecule has 0 radical (unpaired) electrons. The van der Waals surface area contributed by atoms with E-state index in [1.807, 2.05) is 12.1 Å². The van der Waals surface area contributed by atoms with Gasteiger partial charge in [0.05, 0.1) is 10.5 Å². The Morgan fingerprint density at radius 3 is 1.97 bits per heavy atom. The number of piperazine rings is 1. The maximum Gasteiger partial charge on any atom is 0.471 e. The van der Waals surface area contributed by atoms with Gasteiger partial charge in [0.2, 0.25) is 31.7 Å². The Kier molecular flexibility index (Phi) is 11.6. The quantitative estimate of drug-likeness (QED) is 0.181. The van der Waals surface area contributed by atoms with Crippen LogP contribution in [0.25, 0.3) is 0 Å². The number of phenols is 3. The Morgan fingerprint density at radius 2 is 1.28 bits per heavy atom. The normalized spacial score (nSPS) is 16.8. The summed E-state index contributed by atoms with van der Waals surface area (Å²) in [5.74, 6) is -7.03. The van der Waals surface area contributed by atoms with Crippen LogP contribution in [0, 0.1) is 0 Å². The minimum absolute atomic E-state index is 0.0302. The zero-order valence-corrected chi connectivity index (χ0v) is 33.4. The summed E-state index contributed by atoms with van der Waals surface area (Å²) >= 11 is 0. The van der Waals surface area contributed by atoms with Crippen LogP contribution in [0.1, 0.15) is 38.2 Å². The molecular weight excluding hydrogens is 832 g/mol. The zero-order valence-electron chi connectivity index (χ0n) is 31.8. The van der Waals surface area contributed by atoms with E-state index in [2.05, 4.69) is 4.72 Å². The highest BCUT2D eigenvalue weighted by molar-refractivity contribution is 7.89. The number of alkyl halides is 3. The fourth-order valence-electron chi connectivity index (χ4n) is 7.66. The second-order valence-electron chi connectivity index (χ2n) is 14.7. The number of rotatable bonds is 9. The van der Waals surface area contributed by atoms with E-state index in [0.29, 0.717) is 28.0 Å². The first kappa shape index (κ1) is 42.4. The minimum atomic E-state index is -5.08. The monoisotopic (exact) mass is 871 g/mol. The van der Waals surface area contributed by atoms with Gasteiger partial charge < -0.3 is 30.0 Å². The summed E-state index contributed by atoms with van der Waals surface area (Å²) in [7, 11) is -8.99. The maximum absolute atomic E-state index is 14.0. The fourth-order valence-corrected chi connectivity index (χ4v) is 10.4. The van der Waals surface area contributed by atoms with Gasteiger partial charge in [-0.2, -0.15) is 22.2 Å². The maximum atomic E-state index is 14.0. The molecule has 3 aliphatic heterocycles. The molecule has 0 unspecified atom stereocenters. The summed E-state index contributed by atoms with van der Waals surface area (Å²) in [6, 6.07) is 19.3. The molecule has 7 rings (SSSR count). The number of carbonyl (C=O) groups excluding carboxylic acids is 3. The van der Waals surface area contributed by atoms with Crippen molar-refractivity contribution in [3.05, 3.63) is 112 Å². The molecule has 1 saturated heterocycles. The van der Waals surface area contributed by atoms with Crippen molar-refractivity contribution in [3.8, 4) is 17.2 Å². The molecule has 4 aromatic carbocycles. The number of aromatic hydroxyl groups is 3. The second-order valence-corrected chi connectivity index (χ2v) is 18.3. The Hall–Kier alpha value is -5.70. The predicted octanol–water partition coefficient (Wildman–Crippen LogP) is 2.87. The lowest BCUT2D eigenvalue weighted by Gasteiger charge is -2.36. The van der Waals surface area contributed by atoms with Crippen molar-refractivity contribution in [3.63, 3.8) is 0 Å². The zero-order chi connectivity index (χ0) is 43.1. The lowest BCUT2D eigenvalue weighted by Crippen LogP contribution is -2.57. The van der Waals surface area contributed by atoms with Crippen LogP contribution in [0.5, 0.6) is 17.2 Å². The van der Waals surface area contributed by atoms with Crippen LogP contribution in [0.2, 0.25) is 0 Å². The van der Waals surface area contributed by atoms with Crippen molar-refractivity contribution in [2.24, 2.45) is 0 Å². The molecule has 3 aliphatic rings.